The molecule has 1 aromatic heterocycles. The maximum Gasteiger partial charge on any atom is 0.291 e. The minimum absolute atomic E-state index is 0.186. The van der Waals surface area contributed by atoms with Crippen molar-refractivity contribution in [2.45, 2.75) is 38.0 Å². The van der Waals surface area contributed by atoms with E-state index in [2.05, 4.69) is 4.98 Å². The van der Waals surface area contributed by atoms with Gasteiger partial charge in [0, 0.05) is 17.4 Å². The molecule has 0 amide bonds. The SMILES string of the molecule is O=[N+]([O-])c1cc2ccccc2nc1C1CCCCC1. The van der Waals surface area contributed by atoms with Crippen LogP contribution in [0.4, 0.5) is 5.69 Å². The van der Waals surface area contributed by atoms with E-state index in [1.165, 1.54) is 6.42 Å². The molecule has 0 unspecified atom stereocenters. The van der Waals surface area contributed by atoms with E-state index in [1.807, 2.05) is 24.3 Å². The van der Waals surface area contributed by atoms with Crippen molar-refractivity contribution < 1.29 is 4.92 Å². The van der Waals surface area contributed by atoms with E-state index < -0.39 is 0 Å². The molecule has 1 aromatic carbocycles. The average Bonchev–Trinajstić information content (AvgIpc) is 2.46. The van der Waals surface area contributed by atoms with E-state index in [4.69, 9.17) is 0 Å². The topological polar surface area (TPSA) is 56.0 Å². The number of hydrogen-bond acceptors (Lipinski definition) is 3. The van der Waals surface area contributed by atoms with Gasteiger partial charge in [0.05, 0.1) is 10.4 Å². The summed E-state index contributed by atoms with van der Waals surface area (Å²) < 4.78 is 0. The van der Waals surface area contributed by atoms with Gasteiger partial charge in [-0.25, -0.2) is 4.98 Å². The van der Waals surface area contributed by atoms with Crippen LogP contribution in [0.2, 0.25) is 0 Å². The van der Waals surface area contributed by atoms with Gasteiger partial charge in [-0.15, -0.1) is 0 Å². The molecular formula is C15H16N2O2. The van der Waals surface area contributed by atoms with Crippen LogP contribution in [0.25, 0.3) is 10.9 Å². The molecular weight excluding hydrogens is 240 g/mol. The number of nitro groups is 1. The van der Waals surface area contributed by atoms with Gasteiger partial charge in [0.15, 0.2) is 0 Å². The fourth-order valence-corrected chi connectivity index (χ4v) is 2.94. The van der Waals surface area contributed by atoms with Crippen molar-refractivity contribution in [3.63, 3.8) is 0 Å². The molecule has 1 fully saturated rings. The van der Waals surface area contributed by atoms with Gasteiger partial charge in [-0.3, -0.25) is 10.1 Å². The Morgan fingerprint density at radius 2 is 1.89 bits per heavy atom. The first-order valence-corrected chi connectivity index (χ1v) is 6.80. The zero-order valence-electron chi connectivity index (χ0n) is 10.7. The van der Waals surface area contributed by atoms with Gasteiger partial charge < -0.3 is 0 Å². The highest BCUT2D eigenvalue weighted by Crippen LogP contribution is 2.37. The van der Waals surface area contributed by atoms with Gasteiger partial charge in [-0.05, 0) is 18.9 Å². The Hall–Kier alpha value is -1.97. The second-order valence-electron chi connectivity index (χ2n) is 5.18. The summed E-state index contributed by atoms with van der Waals surface area (Å²) in [5.74, 6) is 0.249. The van der Waals surface area contributed by atoms with Crippen LogP contribution in [0.3, 0.4) is 0 Å². The molecule has 1 aliphatic carbocycles. The van der Waals surface area contributed by atoms with Gasteiger partial charge >= 0.3 is 0 Å². The average molecular weight is 256 g/mol. The van der Waals surface area contributed by atoms with E-state index in [0.29, 0.717) is 5.69 Å². The summed E-state index contributed by atoms with van der Waals surface area (Å²) in [5, 5.41) is 12.1. The van der Waals surface area contributed by atoms with E-state index in [1.54, 1.807) is 6.07 Å². The van der Waals surface area contributed by atoms with E-state index in [0.717, 1.165) is 36.6 Å². The molecule has 0 bridgehead atoms. The van der Waals surface area contributed by atoms with Crippen LogP contribution in [0.1, 0.15) is 43.7 Å². The van der Waals surface area contributed by atoms with Gasteiger partial charge in [0.25, 0.3) is 5.69 Å². The van der Waals surface area contributed by atoms with Crippen molar-refractivity contribution >= 4 is 16.6 Å². The molecule has 1 heterocycles. The lowest BCUT2D eigenvalue weighted by Crippen LogP contribution is -2.09. The molecule has 4 nitrogen and oxygen atoms in total. The van der Waals surface area contributed by atoms with E-state index in [9.17, 15) is 10.1 Å². The van der Waals surface area contributed by atoms with Crippen LogP contribution >= 0.6 is 0 Å². The lowest BCUT2D eigenvalue weighted by atomic mass is 9.86. The molecule has 19 heavy (non-hydrogen) atoms. The van der Waals surface area contributed by atoms with E-state index >= 15 is 0 Å². The van der Waals surface area contributed by atoms with Crippen LogP contribution in [-0.4, -0.2) is 9.91 Å². The van der Waals surface area contributed by atoms with Crippen molar-refractivity contribution in [3.8, 4) is 0 Å². The number of rotatable bonds is 2. The van der Waals surface area contributed by atoms with Gasteiger partial charge in [0.2, 0.25) is 0 Å². The predicted molar refractivity (Wildman–Crippen MR) is 74.2 cm³/mol. The Bertz CT molecular complexity index is 619. The third-order valence-electron chi connectivity index (χ3n) is 3.92. The maximum absolute atomic E-state index is 11.3. The van der Waals surface area contributed by atoms with E-state index in [-0.39, 0.29) is 16.5 Å². The second kappa shape index (κ2) is 4.96. The summed E-state index contributed by atoms with van der Waals surface area (Å²) in [4.78, 5) is 15.6. The molecule has 0 atom stereocenters. The zero-order chi connectivity index (χ0) is 13.2. The highest BCUT2D eigenvalue weighted by molar-refractivity contribution is 5.81. The number of fused-ring (bicyclic) bond motifs is 1. The van der Waals surface area contributed by atoms with Crippen molar-refractivity contribution in [1.29, 1.82) is 0 Å². The summed E-state index contributed by atoms with van der Waals surface area (Å²) in [6.07, 6.45) is 5.57. The van der Waals surface area contributed by atoms with Crippen LogP contribution in [0, 0.1) is 10.1 Å². The summed E-state index contributed by atoms with van der Waals surface area (Å²) in [6, 6.07) is 9.28. The summed E-state index contributed by atoms with van der Waals surface area (Å²) in [7, 11) is 0. The largest absolute Gasteiger partial charge is 0.291 e. The fourth-order valence-electron chi connectivity index (χ4n) is 2.94. The first kappa shape index (κ1) is 12.1. The molecule has 0 radical (unpaired) electrons. The predicted octanol–water partition coefficient (Wildman–Crippen LogP) is 4.19. The minimum Gasteiger partial charge on any atom is -0.258 e. The van der Waals surface area contributed by atoms with Gasteiger partial charge in [-0.2, -0.15) is 0 Å². The number of pyridine rings is 1. The van der Waals surface area contributed by atoms with Crippen LogP contribution in [0.15, 0.2) is 30.3 Å². The number of aromatic nitrogens is 1. The summed E-state index contributed by atoms with van der Waals surface area (Å²) in [6.45, 7) is 0. The lowest BCUT2D eigenvalue weighted by molar-refractivity contribution is -0.386. The first-order valence-electron chi connectivity index (χ1n) is 6.80. The molecule has 0 N–H and O–H groups in total. The van der Waals surface area contributed by atoms with Gasteiger partial charge in [0.1, 0.15) is 5.69 Å². The Balaban J connectivity index is 2.14. The van der Waals surface area contributed by atoms with Crippen molar-refractivity contribution in [1.82, 2.24) is 4.98 Å². The fraction of sp³-hybridized carbons (Fsp3) is 0.400. The molecule has 4 heteroatoms. The second-order valence-corrected chi connectivity index (χ2v) is 5.18. The van der Waals surface area contributed by atoms with Crippen LogP contribution in [0.5, 0.6) is 0 Å². The van der Waals surface area contributed by atoms with Gasteiger partial charge in [-0.1, -0.05) is 37.5 Å². The first-order chi connectivity index (χ1) is 9.25. The quantitative estimate of drug-likeness (QED) is 0.598. The zero-order valence-corrected chi connectivity index (χ0v) is 10.7. The molecule has 2 aromatic rings. The normalized spacial score (nSPS) is 16.6. The molecule has 0 spiro atoms. The Morgan fingerprint density at radius 3 is 2.63 bits per heavy atom. The number of para-hydroxylation sites is 1. The van der Waals surface area contributed by atoms with Crippen molar-refractivity contribution in [3.05, 3.63) is 46.1 Å². The summed E-state index contributed by atoms with van der Waals surface area (Å²) in [5.41, 5.74) is 1.72. The maximum atomic E-state index is 11.3. The Kier molecular flexibility index (Phi) is 3.15. The number of hydrogen-bond donors (Lipinski definition) is 0. The molecule has 1 saturated carbocycles. The molecule has 3 rings (SSSR count). The van der Waals surface area contributed by atoms with Crippen LogP contribution < -0.4 is 0 Å². The third-order valence-corrected chi connectivity index (χ3v) is 3.92. The highest BCUT2D eigenvalue weighted by atomic mass is 16.6. The minimum atomic E-state index is -0.288. The third kappa shape index (κ3) is 2.30. The number of benzene rings is 1. The van der Waals surface area contributed by atoms with Crippen molar-refractivity contribution in [2.24, 2.45) is 0 Å². The van der Waals surface area contributed by atoms with Crippen molar-refractivity contribution in [2.75, 3.05) is 0 Å². The molecule has 0 saturated heterocycles. The number of nitrogens with zero attached hydrogens (tertiary/aromatic N) is 2. The van der Waals surface area contributed by atoms with Crippen LogP contribution in [-0.2, 0) is 0 Å². The lowest BCUT2D eigenvalue weighted by Gasteiger charge is -2.21. The molecule has 1 aliphatic rings. The summed E-state index contributed by atoms with van der Waals surface area (Å²) >= 11 is 0. The standard InChI is InChI=1S/C15H16N2O2/c18-17(19)14-10-12-8-4-5-9-13(12)16-15(14)11-6-2-1-3-7-11/h4-5,8-11H,1-3,6-7H2. The smallest absolute Gasteiger partial charge is 0.258 e. The molecule has 98 valence electrons. The molecule has 0 aliphatic heterocycles. The monoisotopic (exact) mass is 256 g/mol. The Morgan fingerprint density at radius 1 is 1.16 bits per heavy atom. The highest BCUT2D eigenvalue weighted by Gasteiger charge is 2.26. The Labute approximate surface area is 111 Å².